The largest absolute Gasteiger partial charge is 0.304 e. The Labute approximate surface area is 116 Å². The van der Waals surface area contributed by atoms with Gasteiger partial charge in [0.15, 0.2) is 0 Å². The Bertz CT molecular complexity index is 384. The van der Waals surface area contributed by atoms with E-state index in [2.05, 4.69) is 52.1 Å². The third-order valence-corrected chi connectivity index (χ3v) is 4.54. The van der Waals surface area contributed by atoms with Crippen LogP contribution in [0.5, 0.6) is 0 Å². The molecule has 0 bridgehead atoms. The minimum absolute atomic E-state index is 0.744. The van der Waals surface area contributed by atoms with Gasteiger partial charge in [0.2, 0.25) is 0 Å². The quantitative estimate of drug-likeness (QED) is 0.818. The Hall–Kier alpha value is -0.900. The van der Waals surface area contributed by atoms with Gasteiger partial charge < -0.3 is 4.90 Å². The summed E-state index contributed by atoms with van der Waals surface area (Å²) in [4.78, 5) is 7.66. The number of likely N-dealkylation sites (N-methyl/N-ethyl adjacent to an activating group) is 1. The van der Waals surface area contributed by atoms with Crippen molar-refractivity contribution in [2.75, 3.05) is 53.0 Å². The SMILES string of the molecule is CN1CCN(CN2CCC(c3ccccc3)C2)CC1. The summed E-state index contributed by atoms with van der Waals surface area (Å²) in [5.41, 5.74) is 1.52. The molecule has 0 radical (unpaired) electrons. The van der Waals surface area contributed by atoms with Crippen LogP contribution in [0, 0.1) is 0 Å². The Balaban J connectivity index is 1.49. The Morgan fingerprint density at radius 3 is 2.42 bits per heavy atom. The molecule has 2 aliphatic rings. The van der Waals surface area contributed by atoms with Crippen molar-refractivity contribution in [1.29, 1.82) is 0 Å². The fourth-order valence-corrected chi connectivity index (χ4v) is 3.23. The molecule has 1 unspecified atom stereocenters. The number of hydrogen-bond donors (Lipinski definition) is 0. The van der Waals surface area contributed by atoms with Gasteiger partial charge in [-0.25, -0.2) is 0 Å². The normalized spacial score (nSPS) is 26.9. The van der Waals surface area contributed by atoms with Crippen LogP contribution < -0.4 is 0 Å². The van der Waals surface area contributed by atoms with Crippen LogP contribution in [0.15, 0.2) is 30.3 Å². The molecule has 0 amide bonds. The molecular weight excluding hydrogens is 234 g/mol. The highest BCUT2D eigenvalue weighted by Gasteiger charge is 2.25. The fourth-order valence-electron chi connectivity index (χ4n) is 3.23. The summed E-state index contributed by atoms with van der Waals surface area (Å²) in [6.45, 7) is 8.54. The van der Waals surface area contributed by atoms with Crippen molar-refractivity contribution in [3.63, 3.8) is 0 Å². The van der Waals surface area contributed by atoms with Crippen molar-refractivity contribution in [1.82, 2.24) is 14.7 Å². The second kappa shape index (κ2) is 6.04. The number of nitrogens with zero attached hydrogens (tertiary/aromatic N) is 3. The van der Waals surface area contributed by atoms with Gasteiger partial charge in [-0.1, -0.05) is 30.3 Å². The number of benzene rings is 1. The third kappa shape index (κ3) is 3.35. The summed E-state index contributed by atoms with van der Waals surface area (Å²) in [6.07, 6.45) is 1.32. The topological polar surface area (TPSA) is 9.72 Å². The van der Waals surface area contributed by atoms with Crippen molar-refractivity contribution in [3.05, 3.63) is 35.9 Å². The number of likely N-dealkylation sites (tertiary alicyclic amines) is 1. The minimum atomic E-state index is 0.744. The van der Waals surface area contributed by atoms with Crippen LogP contribution in [0.25, 0.3) is 0 Å². The van der Waals surface area contributed by atoms with E-state index < -0.39 is 0 Å². The van der Waals surface area contributed by atoms with Crippen LogP contribution in [0.3, 0.4) is 0 Å². The summed E-state index contributed by atoms with van der Waals surface area (Å²) >= 11 is 0. The van der Waals surface area contributed by atoms with Gasteiger partial charge in [-0.05, 0) is 24.9 Å². The third-order valence-electron chi connectivity index (χ3n) is 4.54. The Morgan fingerprint density at radius 2 is 1.68 bits per heavy atom. The van der Waals surface area contributed by atoms with Crippen LogP contribution in [-0.4, -0.2) is 67.7 Å². The maximum Gasteiger partial charge on any atom is 0.0507 e. The first-order valence-electron chi connectivity index (χ1n) is 7.49. The monoisotopic (exact) mass is 259 g/mol. The van der Waals surface area contributed by atoms with E-state index in [0.717, 1.165) is 12.6 Å². The molecule has 19 heavy (non-hydrogen) atoms. The highest BCUT2D eigenvalue weighted by atomic mass is 15.3. The maximum absolute atomic E-state index is 2.63. The smallest absolute Gasteiger partial charge is 0.0507 e. The van der Waals surface area contributed by atoms with Gasteiger partial charge >= 0.3 is 0 Å². The van der Waals surface area contributed by atoms with Gasteiger partial charge in [-0.15, -0.1) is 0 Å². The molecule has 104 valence electrons. The van der Waals surface area contributed by atoms with Crippen molar-refractivity contribution in [2.45, 2.75) is 12.3 Å². The number of piperazine rings is 1. The molecule has 2 aliphatic heterocycles. The van der Waals surface area contributed by atoms with E-state index in [1.54, 1.807) is 0 Å². The lowest BCUT2D eigenvalue weighted by Gasteiger charge is -2.34. The molecule has 3 rings (SSSR count). The molecule has 3 nitrogen and oxygen atoms in total. The predicted molar refractivity (Wildman–Crippen MR) is 79.3 cm³/mol. The first-order chi connectivity index (χ1) is 9.31. The lowest BCUT2D eigenvalue weighted by molar-refractivity contribution is 0.0952. The molecule has 3 heteroatoms. The predicted octanol–water partition coefficient (Wildman–Crippen LogP) is 1.68. The standard InChI is InChI=1S/C16H25N3/c1-17-9-11-18(12-10-17)14-19-8-7-16(13-19)15-5-3-2-4-6-15/h2-6,16H,7-14H2,1H3. The second-order valence-corrected chi connectivity index (χ2v) is 6.04. The first-order valence-corrected chi connectivity index (χ1v) is 7.49. The zero-order valence-electron chi connectivity index (χ0n) is 12.0. The van der Waals surface area contributed by atoms with Gasteiger partial charge in [0.1, 0.15) is 0 Å². The Kier molecular flexibility index (Phi) is 4.16. The highest BCUT2D eigenvalue weighted by molar-refractivity contribution is 5.20. The average molecular weight is 259 g/mol. The molecule has 1 aromatic carbocycles. The molecule has 0 spiro atoms. The summed E-state index contributed by atoms with van der Waals surface area (Å²) in [5.74, 6) is 0.744. The molecule has 2 fully saturated rings. The Morgan fingerprint density at radius 1 is 0.947 bits per heavy atom. The molecule has 1 aromatic rings. The van der Waals surface area contributed by atoms with Crippen LogP contribution in [0.1, 0.15) is 17.9 Å². The summed E-state index contributed by atoms with van der Waals surface area (Å²) < 4.78 is 0. The lowest BCUT2D eigenvalue weighted by Crippen LogP contribution is -2.48. The number of hydrogen-bond acceptors (Lipinski definition) is 3. The van der Waals surface area contributed by atoms with Gasteiger partial charge in [-0.3, -0.25) is 9.80 Å². The van der Waals surface area contributed by atoms with E-state index in [-0.39, 0.29) is 0 Å². The molecular formula is C16H25N3. The molecule has 1 atom stereocenters. The molecule has 2 saturated heterocycles. The van der Waals surface area contributed by atoms with Crippen LogP contribution >= 0.6 is 0 Å². The zero-order valence-corrected chi connectivity index (χ0v) is 12.0. The highest BCUT2D eigenvalue weighted by Crippen LogP contribution is 2.26. The van der Waals surface area contributed by atoms with Crippen molar-refractivity contribution < 1.29 is 0 Å². The van der Waals surface area contributed by atoms with E-state index >= 15 is 0 Å². The fraction of sp³-hybridized carbons (Fsp3) is 0.625. The first kappa shape index (κ1) is 13.1. The van der Waals surface area contributed by atoms with Crippen LogP contribution in [0.2, 0.25) is 0 Å². The van der Waals surface area contributed by atoms with Gasteiger partial charge in [-0.2, -0.15) is 0 Å². The van der Waals surface area contributed by atoms with E-state index in [9.17, 15) is 0 Å². The van der Waals surface area contributed by atoms with Gasteiger partial charge in [0.25, 0.3) is 0 Å². The molecule has 2 heterocycles. The van der Waals surface area contributed by atoms with Gasteiger partial charge in [0.05, 0.1) is 6.67 Å². The van der Waals surface area contributed by atoms with E-state index in [1.165, 1.54) is 51.3 Å². The maximum atomic E-state index is 2.63. The number of rotatable bonds is 3. The van der Waals surface area contributed by atoms with E-state index in [1.807, 2.05) is 0 Å². The van der Waals surface area contributed by atoms with Crippen molar-refractivity contribution in [2.24, 2.45) is 0 Å². The molecule has 0 aromatic heterocycles. The lowest BCUT2D eigenvalue weighted by atomic mass is 9.99. The van der Waals surface area contributed by atoms with Crippen LogP contribution in [-0.2, 0) is 0 Å². The molecule has 0 N–H and O–H groups in total. The summed E-state index contributed by atoms with van der Waals surface area (Å²) in [5, 5.41) is 0. The van der Waals surface area contributed by atoms with Crippen molar-refractivity contribution >= 4 is 0 Å². The summed E-state index contributed by atoms with van der Waals surface area (Å²) in [6, 6.07) is 11.0. The zero-order chi connectivity index (χ0) is 13.1. The molecule has 0 saturated carbocycles. The molecule has 0 aliphatic carbocycles. The second-order valence-electron chi connectivity index (χ2n) is 6.04. The van der Waals surface area contributed by atoms with E-state index in [0.29, 0.717) is 0 Å². The summed E-state index contributed by atoms with van der Waals surface area (Å²) in [7, 11) is 2.22. The average Bonchev–Trinajstić information content (AvgIpc) is 2.91. The van der Waals surface area contributed by atoms with E-state index in [4.69, 9.17) is 0 Å². The van der Waals surface area contributed by atoms with Gasteiger partial charge in [0, 0.05) is 39.3 Å². The van der Waals surface area contributed by atoms with Crippen LogP contribution in [0.4, 0.5) is 0 Å². The van der Waals surface area contributed by atoms with Crippen molar-refractivity contribution in [3.8, 4) is 0 Å². The minimum Gasteiger partial charge on any atom is -0.304 e.